The molecule has 0 radical (unpaired) electrons. The number of nitrogens with zero attached hydrogens (tertiary/aromatic N) is 1. The van der Waals surface area contributed by atoms with Gasteiger partial charge in [-0.3, -0.25) is 9.69 Å². The van der Waals surface area contributed by atoms with Crippen molar-refractivity contribution in [3.05, 3.63) is 35.9 Å². The third kappa shape index (κ3) is 3.78. The second kappa shape index (κ2) is 6.17. The highest BCUT2D eigenvalue weighted by atomic mass is 16.2. The first-order valence-corrected chi connectivity index (χ1v) is 6.88. The zero-order valence-electron chi connectivity index (χ0n) is 11.7. The van der Waals surface area contributed by atoms with Crippen molar-refractivity contribution < 1.29 is 4.79 Å². The number of benzene rings is 1. The second-order valence-corrected chi connectivity index (χ2v) is 5.54. The van der Waals surface area contributed by atoms with Crippen LogP contribution in [0, 0.1) is 5.92 Å². The third-order valence-corrected chi connectivity index (χ3v) is 3.79. The fraction of sp³-hybridized carbons (Fsp3) is 0.533. The Balaban J connectivity index is 1.82. The molecule has 0 bridgehead atoms. The van der Waals surface area contributed by atoms with Gasteiger partial charge in [0.1, 0.15) is 0 Å². The number of carbonyl (C=O) groups is 1. The molecule has 1 aromatic rings. The van der Waals surface area contributed by atoms with Gasteiger partial charge in [0.2, 0.25) is 5.91 Å². The Morgan fingerprint density at radius 2 is 2.11 bits per heavy atom. The zero-order valence-corrected chi connectivity index (χ0v) is 11.7. The SMILES string of the molecule is CC(NC(=O)CN1CC(C)C(N)C1)c1ccccc1. The first kappa shape index (κ1) is 14.0. The van der Waals surface area contributed by atoms with Gasteiger partial charge in [-0.1, -0.05) is 37.3 Å². The van der Waals surface area contributed by atoms with E-state index < -0.39 is 0 Å². The molecule has 1 aromatic carbocycles. The molecule has 0 aromatic heterocycles. The molecule has 104 valence electrons. The number of amides is 1. The lowest BCUT2D eigenvalue weighted by Crippen LogP contribution is -2.38. The predicted octanol–water partition coefficient (Wildman–Crippen LogP) is 1.14. The summed E-state index contributed by atoms with van der Waals surface area (Å²) in [5, 5.41) is 3.03. The molecule has 1 aliphatic rings. The van der Waals surface area contributed by atoms with Crippen LogP contribution in [0.3, 0.4) is 0 Å². The van der Waals surface area contributed by atoms with Crippen molar-refractivity contribution in [2.45, 2.75) is 25.9 Å². The molecule has 0 spiro atoms. The Hall–Kier alpha value is -1.39. The number of rotatable bonds is 4. The standard InChI is InChI=1S/C15H23N3O/c1-11-8-18(9-14(11)16)10-15(19)17-12(2)13-6-4-3-5-7-13/h3-7,11-12,14H,8-10,16H2,1-2H3,(H,17,19). The molecule has 4 heteroatoms. The van der Waals surface area contributed by atoms with E-state index in [4.69, 9.17) is 5.73 Å². The Morgan fingerprint density at radius 1 is 1.42 bits per heavy atom. The summed E-state index contributed by atoms with van der Waals surface area (Å²) in [7, 11) is 0. The number of likely N-dealkylation sites (tertiary alicyclic amines) is 1. The minimum absolute atomic E-state index is 0.0439. The smallest absolute Gasteiger partial charge is 0.234 e. The molecule has 1 aliphatic heterocycles. The van der Waals surface area contributed by atoms with Gasteiger partial charge in [0.05, 0.1) is 12.6 Å². The fourth-order valence-corrected chi connectivity index (χ4v) is 2.54. The lowest BCUT2D eigenvalue weighted by atomic mass is 10.1. The summed E-state index contributed by atoms with van der Waals surface area (Å²) in [6.45, 7) is 6.30. The van der Waals surface area contributed by atoms with Crippen molar-refractivity contribution in [3.8, 4) is 0 Å². The highest BCUT2D eigenvalue weighted by molar-refractivity contribution is 5.78. The van der Waals surface area contributed by atoms with Gasteiger partial charge in [0, 0.05) is 19.1 Å². The average Bonchev–Trinajstić information content (AvgIpc) is 2.69. The molecular weight excluding hydrogens is 238 g/mol. The average molecular weight is 261 g/mol. The topological polar surface area (TPSA) is 58.4 Å². The molecule has 2 rings (SSSR count). The van der Waals surface area contributed by atoms with E-state index in [-0.39, 0.29) is 18.0 Å². The van der Waals surface area contributed by atoms with Crippen LogP contribution in [0.2, 0.25) is 0 Å². The molecule has 1 heterocycles. The number of hydrogen-bond acceptors (Lipinski definition) is 3. The van der Waals surface area contributed by atoms with E-state index in [0.717, 1.165) is 18.7 Å². The summed E-state index contributed by atoms with van der Waals surface area (Å²) < 4.78 is 0. The van der Waals surface area contributed by atoms with E-state index in [1.807, 2.05) is 37.3 Å². The van der Waals surface area contributed by atoms with Gasteiger partial charge < -0.3 is 11.1 Å². The molecule has 4 nitrogen and oxygen atoms in total. The van der Waals surface area contributed by atoms with Crippen LogP contribution < -0.4 is 11.1 Å². The van der Waals surface area contributed by atoms with Gasteiger partial charge in [-0.05, 0) is 18.4 Å². The van der Waals surface area contributed by atoms with Crippen molar-refractivity contribution in [1.82, 2.24) is 10.2 Å². The van der Waals surface area contributed by atoms with Gasteiger partial charge in [-0.2, -0.15) is 0 Å². The van der Waals surface area contributed by atoms with Crippen molar-refractivity contribution in [1.29, 1.82) is 0 Å². The molecule has 0 aliphatic carbocycles. The van der Waals surface area contributed by atoms with E-state index in [1.165, 1.54) is 0 Å². The van der Waals surface area contributed by atoms with Gasteiger partial charge in [0.25, 0.3) is 0 Å². The molecule has 3 N–H and O–H groups in total. The maximum atomic E-state index is 12.0. The minimum atomic E-state index is 0.0439. The molecule has 3 atom stereocenters. The highest BCUT2D eigenvalue weighted by Gasteiger charge is 2.27. The summed E-state index contributed by atoms with van der Waals surface area (Å²) in [6.07, 6.45) is 0. The molecule has 1 amide bonds. The number of nitrogens with two attached hydrogens (primary N) is 1. The van der Waals surface area contributed by atoms with Gasteiger partial charge in [-0.25, -0.2) is 0 Å². The Bertz CT molecular complexity index is 411. The Kier molecular flexibility index (Phi) is 4.56. The van der Waals surface area contributed by atoms with Crippen LogP contribution in [-0.4, -0.2) is 36.5 Å². The normalized spacial score (nSPS) is 25.2. The number of nitrogens with one attached hydrogen (secondary N) is 1. The Morgan fingerprint density at radius 3 is 2.68 bits per heavy atom. The van der Waals surface area contributed by atoms with Crippen LogP contribution in [0.1, 0.15) is 25.5 Å². The van der Waals surface area contributed by atoms with Crippen LogP contribution in [0.5, 0.6) is 0 Å². The molecule has 0 saturated carbocycles. The minimum Gasteiger partial charge on any atom is -0.348 e. The molecular formula is C15H23N3O. The van der Waals surface area contributed by atoms with Crippen LogP contribution in [0.25, 0.3) is 0 Å². The van der Waals surface area contributed by atoms with Crippen molar-refractivity contribution in [2.75, 3.05) is 19.6 Å². The van der Waals surface area contributed by atoms with Gasteiger partial charge in [0.15, 0.2) is 0 Å². The lowest BCUT2D eigenvalue weighted by molar-refractivity contribution is -0.122. The molecule has 1 saturated heterocycles. The summed E-state index contributed by atoms with van der Waals surface area (Å²) in [5.74, 6) is 0.539. The predicted molar refractivity (Wildman–Crippen MR) is 76.6 cm³/mol. The molecule has 19 heavy (non-hydrogen) atoms. The highest BCUT2D eigenvalue weighted by Crippen LogP contribution is 2.14. The van der Waals surface area contributed by atoms with Crippen molar-refractivity contribution >= 4 is 5.91 Å². The first-order chi connectivity index (χ1) is 9.06. The summed E-state index contributed by atoms with van der Waals surface area (Å²) in [5.41, 5.74) is 7.09. The lowest BCUT2D eigenvalue weighted by Gasteiger charge is -2.18. The quantitative estimate of drug-likeness (QED) is 0.854. The largest absolute Gasteiger partial charge is 0.348 e. The first-order valence-electron chi connectivity index (χ1n) is 6.88. The summed E-state index contributed by atoms with van der Waals surface area (Å²) in [6, 6.07) is 10.2. The van der Waals surface area contributed by atoms with E-state index in [0.29, 0.717) is 12.5 Å². The van der Waals surface area contributed by atoms with Crippen LogP contribution in [0.4, 0.5) is 0 Å². The number of hydrogen-bond donors (Lipinski definition) is 2. The van der Waals surface area contributed by atoms with Crippen molar-refractivity contribution in [2.24, 2.45) is 11.7 Å². The number of carbonyl (C=O) groups excluding carboxylic acids is 1. The van der Waals surface area contributed by atoms with E-state index >= 15 is 0 Å². The monoisotopic (exact) mass is 261 g/mol. The van der Waals surface area contributed by atoms with E-state index in [1.54, 1.807) is 0 Å². The summed E-state index contributed by atoms with van der Waals surface area (Å²) >= 11 is 0. The van der Waals surface area contributed by atoms with Gasteiger partial charge >= 0.3 is 0 Å². The van der Waals surface area contributed by atoms with E-state index in [9.17, 15) is 4.79 Å². The molecule has 3 unspecified atom stereocenters. The Labute approximate surface area is 115 Å². The van der Waals surface area contributed by atoms with Crippen molar-refractivity contribution in [3.63, 3.8) is 0 Å². The van der Waals surface area contributed by atoms with Crippen LogP contribution >= 0.6 is 0 Å². The maximum Gasteiger partial charge on any atom is 0.234 e. The van der Waals surface area contributed by atoms with E-state index in [2.05, 4.69) is 17.1 Å². The maximum absolute atomic E-state index is 12.0. The third-order valence-electron chi connectivity index (χ3n) is 3.79. The van der Waals surface area contributed by atoms with Crippen LogP contribution in [-0.2, 0) is 4.79 Å². The second-order valence-electron chi connectivity index (χ2n) is 5.54. The zero-order chi connectivity index (χ0) is 13.8. The van der Waals surface area contributed by atoms with Gasteiger partial charge in [-0.15, -0.1) is 0 Å². The fourth-order valence-electron chi connectivity index (χ4n) is 2.54. The molecule has 1 fully saturated rings. The summed E-state index contributed by atoms with van der Waals surface area (Å²) in [4.78, 5) is 14.1. The van der Waals surface area contributed by atoms with Crippen LogP contribution in [0.15, 0.2) is 30.3 Å².